The number of fused-ring (bicyclic) bond motifs is 3. The molecule has 7 nitrogen and oxygen atoms in total. The molecule has 0 aliphatic heterocycles. The first-order chi connectivity index (χ1) is 15.9. The number of ether oxygens (including phenoxy) is 1. The Bertz CT molecular complexity index is 1110. The Morgan fingerprint density at radius 2 is 1.58 bits per heavy atom. The van der Waals surface area contributed by atoms with Crippen LogP contribution in [0.15, 0.2) is 66.9 Å². The van der Waals surface area contributed by atoms with Crippen molar-refractivity contribution < 1.29 is 19.4 Å². The van der Waals surface area contributed by atoms with Crippen LogP contribution < -0.4 is 4.90 Å². The summed E-state index contributed by atoms with van der Waals surface area (Å²) in [7, 11) is 5.22. The molecule has 2 aromatic carbocycles. The lowest BCUT2D eigenvalue weighted by atomic mass is 9.98. The van der Waals surface area contributed by atoms with Gasteiger partial charge < -0.3 is 14.7 Å². The van der Waals surface area contributed by atoms with Crippen molar-refractivity contribution in [2.24, 2.45) is 0 Å². The summed E-state index contributed by atoms with van der Waals surface area (Å²) in [6.45, 7) is 0.141. The second kappa shape index (κ2) is 9.32. The molecule has 0 spiro atoms. The van der Waals surface area contributed by atoms with E-state index in [-0.39, 0.29) is 18.9 Å². The molecule has 0 bridgehead atoms. The maximum Gasteiger partial charge on any atom is 0.410 e. The number of carboxylic acid groups (broad SMARTS) is 1. The Kier molecular flexibility index (Phi) is 6.31. The van der Waals surface area contributed by atoms with Gasteiger partial charge in [-0.1, -0.05) is 54.6 Å². The zero-order chi connectivity index (χ0) is 23.5. The van der Waals surface area contributed by atoms with Gasteiger partial charge in [0.25, 0.3) is 0 Å². The van der Waals surface area contributed by atoms with Crippen LogP contribution in [0.3, 0.4) is 0 Å². The Balaban J connectivity index is 1.45. The average molecular weight is 446 g/mol. The zero-order valence-electron chi connectivity index (χ0n) is 18.9. The molecule has 1 amide bonds. The second-order valence-corrected chi connectivity index (χ2v) is 8.39. The van der Waals surface area contributed by atoms with Gasteiger partial charge in [0, 0.05) is 39.7 Å². The zero-order valence-corrected chi connectivity index (χ0v) is 18.9. The highest BCUT2D eigenvalue weighted by atomic mass is 16.6. The predicted molar refractivity (Wildman–Crippen MR) is 127 cm³/mol. The number of pyridine rings is 1. The van der Waals surface area contributed by atoms with Gasteiger partial charge in [0.2, 0.25) is 0 Å². The van der Waals surface area contributed by atoms with E-state index in [0.29, 0.717) is 0 Å². The van der Waals surface area contributed by atoms with Gasteiger partial charge in [0.15, 0.2) is 0 Å². The van der Waals surface area contributed by atoms with E-state index in [1.165, 1.54) is 7.05 Å². The number of hydrogen-bond acceptors (Lipinski definition) is 5. The first kappa shape index (κ1) is 22.3. The first-order valence-corrected chi connectivity index (χ1v) is 10.8. The first-order valence-electron chi connectivity index (χ1n) is 10.8. The fourth-order valence-electron chi connectivity index (χ4n) is 4.24. The summed E-state index contributed by atoms with van der Waals surface area (Å²) in [5.74, 6) is -0.404. The van der Waals surface area contributed by atoms with E-state index in [4.69, 9.17) is 4.74 Å². The van der Waals surface area contributed by atoms with Crippen LogP contribution in [0.5, 0.6) is 0 Å². The van der Waals surface area contributed by atoms with Crippen LogP contribution in [0, 0.1) is 0 Å². The van der Waals surface area contributed by atoms with Gasteiger partial charge in [0.1, 0.15) is 18.5 Å². The summed E-state index contributed by atoms with van der Waals surface area (Å²) in [5.41, 5.74) is 5.22. The Hall–Kier alpha value is -3.87. The van der Waals surface area contributed by atoms with E-state index in [0.717, 1.165) is 38.5 Å². The van der Waals surface area contributed by atoms with Crippen molar-refractivity contribution in [2.45, 2.75) is 18.4 Å². The summed E-state index contributed by atoms with van der Waals surface area (Å²) >= 11 is 0. The van der Waals surface area contributed by atoms with Crippen LogP contribution in [0.2, 0.25) is 0 Å². The van der Waals surface area contributed by atoms with E-state index in [1.807, 2.05) is 67.5 Å². The molecular weight excluding hydrogens is 418 g/mol. The van der Waals surface area contributed by atoms with Crippen molar-refractivity contribution in [1.29, 1.82) is 0 Å². The van der Waals surface area contributed by atoms with Crippen LogP contribution in [0.1, 0.15) is 22.6 Å². The Morgan fingerprint density at radius 3 is 2.09 bits per heavy atom. The summed E-state index contributed by atoms with van der Waals surface area (Å²) in [4.78, 5) is 32.1. The maximum atomic E-state index is 12.8. The lowest BCUT2D eigenvalue weighted by molar-refractivity contribution is -0.142. The molecule has 0 fully saturated rings. The average Bonchev–Trinajstić information content (AvgIpc) is 3.14. The van der Waals surface area contributed by atoms with Crippen molar-refractivity contribution in [3.05, 3.63) is 83.6 Å². The largest absolute Gasteiger partial charge is 0.480 e. The number of likely N-dealkylation sites (N-methyl/N-ethyl adjacent to an activating group) is 1. The van der Waals surface area contributed by atoms with Gasteiger partial charge in [-0.3, -0.25) is 4.90 Å². The summed E-state index contributed by atoms with van der Waals surface area (Å²) in [5, 5.41) is 9.76. The number of amides is 1. The molecule has 4 rings (SSSR count). The van der Waals surface area contributed by atoms with Crippen molar-refractivity contribution in [3.63, 3.8) is 0 Å². The molecule has 1 N–H and O–H groups in total. The number of carboxylic acids is 1. The van der Waals surface area contributed by atoms with Crippen molar-refractivity contribution in [3.8, 4) is 11.1 Å². The maximum absolute atomic E-state index is 12.8. The molecule has 1 aromatic heterocycles. The van der Waals surface area contributed by atoms with Crippen LogP contribution in [-0.4, -0.2) is 60.8 Å². The molecule has 1 heterocycles. The van der Waals surface area contributed by atoms with Crippen LogP contribution >= 0.6 is 0 Å². The highest BCUT2D eigenvalue weighted by molar-refractivity contribution is 5.81. The van der Waals surface area contributed by atoms with E-state index in [9.17, 15) is 14.7 Å². The summed E-state index contributed by atoms with van der Waals surface area (Å²) < 4.78 is 5.62. The SMILES string of the molecule is CN(C)c1ccc(C[C@@H](C(=O)O)N(C)C(=O)OCC2c3ccccc3-c3ccccc32)cn1. The highest BCUT2D eigenvalue weighted by Crippen LogP contribution is 2.44. The fourth-order valence-corrected chi connectivity index (χ4v) is 4.24. The van der Waals surface area contributed by atoms with E-state index in [1.54, 1.807) is 6.20 Å². The van der Waals surface area contributed by atoms with E-state index < -0.39 is 18.1 Å². The quantitative estimate of drug-likeness (QED) is 0.591. The monoisotopic (exact) mass is 445 g/mol. The smallest absolute Gasteiger partial charge is 0.410 e. The molecular formula is C26H27N3O4. The normalized spacial score (nSPS) is 13.1. The number of aliphatic carboxylic acids is 1. The van der Waals surface area contributed by atoms with E-state index >= 15 is 0 Å². The molecule has 1 aliphatic rings. The molecule has 0 unspecified atom stereocenters. The van der Waals surface area contributed by atoms with Crippen molar-refractivity contribution >= 4 is 17.9 Å². The minimum absolute atomic E-state index is 0.0826. The summed E-state index contributed by atoms with van der Waals surface area (Å²) in [6.07, 6.45) is 1.11. The standard InChI is InChI=1S/C26H27N3O4/c1-28(2)24-13-12-17(15-27-24)14-23(25(30)31)29(3)26(32)33-16-22-20-10-6-4-8-18(20)19-9-5-7-11-21(19)22/h4-13,15,22-23H,14,16H2,1-3H3,(H,30,31)/t23-/m0/s1. The van der Waals surface area contributed by atoms with Crippen LogP contribution in [0.4, 0.5) is 10.6 Å². The number of benzene rings is 2. The third-order valence-electron chi connectivity index (χ3n) is 6.07. The van der Waals surface area contributed by atoms with Crippen LogP contribution in [-0.2, 0) is 16.0 Å². The second-order valence-electron chi connectivity index (χ2n) is 8.39. The Labute approximate surface area is 193 Å². The fraction of sp³-hybridized carbons (Fsp3) is 0.269. The Morgan fingerprint density at radius 1 is 0.970 bits per heavy atom. The molecule has 0 saturated carbocycles. The number of hydrogen-bond donors (Lipinski definition) is 1. The number of anilines is 1. The minimum atomic E-state index is -1.09. The van der Waals surface area contributed by atoms with E-state index in [2.05, 4.69) is 17.1 Å². The van der Waals surface area contributed by atoms with Crippen LogP contribution in [0.25, 0.3) is 11.1 Å². The van der Waals surface area contributed by atoms with Gasteiger partial charge in [-0.15, -0.1) is 0 Å². The van der Waals surface area contributed by atoms with Gasteiger partial charge in [-0.25, -0.2) is 14.6 Å². The molecule has 0 radical (unpaired) electrons. The molecule has 3 aromatic rings. The van der Waals surface area contributed by atoms with Gasteiger partial charge in [-0.05, 0) is 33.9 Å². The molecule has 33 heavy (non-hydrogen) atoms. The molecule has 170 valence electrons. The molecule has 0 saturated heterocycles. The van der Waals surface area contributed by atoms with Gasteiger partial charge in [0.05, 0.1) is 0 Å². The van der Waals surface area contributed by atoms with Crippen molar-refractivity contribution in [1.82, 2.24) is 9.88 Å². The lowest BCUT2D eigenvalue weighted by Crippen LogP contribution is -2.44. The van der Waals surface area contributed by atoms with Gasteiger partial charge in [-0.2, -0.15) is 0 Å². The van der Waals surface area contributed by atoms with Gasteiger partial charge >= 0.3 is 12.1 Å². The minimum Gasteiger partial charge on any atom is -0.480 e. The number of nitrogens with zero attached hydrogens (tertiary/aromatic N) is 3. The number of carbonyl (C=O) groups is 2. The third-order valence-corrected chi connectivity index (χ3v) is 6.07. The lowest BCUT2D eigenvalue weighted by Gasteiger charge is -2.25. The van der Waals surface area contributed by atoms with Crippen molar-refractivity contribution in [2.75, 3.05) is 32.6 Å². The summed E-state index contributed by atoms with van der Waals surface area (Å²) in [6, 6.07) is 18.7. The number of rotatable bonds is 7. The topological polar surface area (TPSA) is 83.0 Å². The molecule has 1 aliphatic carbocycles. The molecule has 7 heteroatoms. The number of aromatic nitrogens is 1. The number of carbonyl (C=O) groups excluding carboxylic acids is 1. The predicted octanol–water partition coefficient (Wildman–Crippen LogP) is 4.02. The molecule has 1 atom stereocenters. The highest BCUT2D eigenvalue weighted by Gasteiger charge is 2.32. The third kappa shape index (κ3) is 4.53.